The topological polar surface area (TPSA) is 0 Å². The number of hydrogen-bond acceptors (Lipinski definition) is 0. The molecule has 0 N–H and O–H groups in total. The molecule has 0 unspecified atom stereocenters. The van der Waals surface area contributed by atoms with Crippen LogP contribution in [0.5, 0.6) is 0 Å². The van der Waals surface area contributed by atoms with Gasteiger partial charge in [-0.05, 0) is 159 Å². The fraction of sp³-hybridized carbons (Fsp3) is 0.717. The molecule has 120 heavy (non-hydrogen) atoms. The van der Waals surface area contributed by atoms with Gasteiger partial charge in [0.2, 0.25) is 0 Å². The van der Waals surface area contributed by atoms with Crippen molar-refractivity contribution in [2.24, 2.45) is 0 Å². The molecule has 2 bridgehead atoms. The van der Waals surface area contributed by atoms with Gasteiger partial charge < -0.3 is 0 Å². The molecule has 4 aromatic carbocycles. The second-order valence-corrected chi connectivity index (χ2v) is 38.3. The minimum atomic E-state index is 0.961. The number of rotatable bonds is 80. The molecule has 0 nitrogen and oxygen atoms in total. The summed E-state index contributed by atoms with van der Waals surface area (Å²) in [5.41, 5.74) is 10.6. The van der Waals surface area contributed by atoms with E-state index in [1.165, 1.54) is 509 Å². The Kier molecular flexibility index (Phi) is 62.9. The molecule has 0 aliphatic heterocycles. The van der Waals surface area contributed by atoms with Crippen molar-refractivity contribution in [1.29, 1.82) is 0 Å². The lowest BCUT2D eigenvalue weighted by atomic mass is 9.93. The minimum Gasteiger partial charge on any atom is -0.0654 e. The van der Waals surface area contributed by atoms with Crippen LogP contribution in [0, 0.1) is 60.4 Å². The third-order valence-corrected chi connectivity index (χ3v) is 27.1. The van der Waals surface area contributed by atoms with E-state index in [2.05, 4.69) is 150 Å². The second-order valence-electron chi connectivity index (χ2n) is 38.3. The molecule has 0 radical (unpaired) electrons. The van der Waals surface area contributed by atoms with Gasteiger partial charge in [-0.25, -0.2) is 0 Å². The summed E-state index contributed by atoms with van der Waals surface area (Å²) in [7, 11) is 0. The van der Waals surface area contributed by atoms with Crippen molar-refractivity contribution in [3.63, 3.8) is 0 Å². The zero-order valence-corrected chi connectivity index (χ0v) is 80.2. The van der Waals surface area contributed by atoms with Crippen LogP contribution in [0.25, 0.3) is 43.1 Å². The van der Waals surface area contributed by atoms with E-state index in [4.69, 9.17) is 0 Å². The van der Waals surface area contributed by atoms with Gasteiger partial charge in [0, 0.05) is 43.1 Å². The zero-order valence-electron chi connectivity index (χ0n) is 80.2. The Morgan fingerprint density at radius 1 is 0.133 bits per heavy atom. The molecule has 4 aromatic rings. The molecular weight excluding hydrogens is 1440 g/mol. The predicted octanol–water partition coefficient (Wildman–Crippen LogP) is 39.5. The van der Waals surface area contributed by atoms with Crippen LogP contribution < -0.4 is 0 Å². The van der Waals surface area contributed by atoms with Crippen LogP contribution in [0.15, 0.2) is 48.5 Å². The molecule has 0 saturated heterocycles. The second kappa shape index (κ2) is 72.9. The van der Waals surface area contributed by atoms with Crippen molar-refractivity contribution in [2.45, 2.75) is 555 Å². The molecule has 0 fully saturated rings. The van der Waals surface area contributed by atoms with Crippen LogP contribution in [-0.4, -0.2) is 0 Å². The molecule has 0 aromatic heterocycles. The largest absolute Gasteiger partial charge is 0.0654 e. The first-order valence-corrected chi connectivity index (χ1v) is 53.7. The molecule has 666 valence electrons. The van der Waals surface area contributed by atoms with E-state index >= 15 is 0 Å². The highest BCUT2D eigenvalue weighted by Crippen LogP contribution is 2.30. The molecule has 0 saturated carbocycles. The molecule has 0 spiro atoms. The number of hydrogen-bond donors (Lipinski definition) is 0. The van der Waals surface area contributed by atoms with Crippen LogP contribution in [0.4, 0.5) is 0 Å². The maximum Gasteiger partial charge on any atom is 0.0562 e. The zero-order chi connectivity index (χ0) is 84.5. The predicted molar refractivity (Wildman–Crippen MR) is 535 cm³/mol. The van der Waals surface area contributed by atoms with E-state index in [0.717, 1.165) is 92.7 Å². The van der Waals surface area contributed by atoms with Crippen LogP contribution in [0.1, 0.15) is 561 Å². The molecule has 0 heterocycles. The average molecular weight is 1630 g/mol. The number of unbranched alkanes of at least 4 members (excludes halogenated alkanes) is 68. The molecule has 0 atom stereocenters. The Balaban J connectivity index is 1.46. The molecular formula is C120H186. The lowest BCUT2D eigenvalue weighted by Crippen LogP contribution is -1.96. The molecule has 6 rings (SSSR count). The maximum absolute atomic E-state index is 3.96. The first-order valence-electron chi connectivity index (χ1n) is 53.7. The summed E-state index contributed by atoms with van der Waals surface area (Å²) in [5.74, 6) is 7.83. The highest BCUT2D eigenvalue weighted by Gasteiger charge is 2.13. The van der Waals surface area contributed by atoms with Gasteiger partial charge in [0.25, 0.3) is 0 Å². The summed E-state index contributed by atoms with van der Waals surface area (Å²) in [4.78, 5) is 0. The molecule has 0 heteroatoms. The number of fused-ring (bicyclic) bond motifs is 2. The van der Waals surface area contributed by atoms with Crippen LogP contribution >= 0.6 is 0 Å². The van der Waals surface area contributed by atoms with Gasteiger partial charge in [0.1, 0.15) is 0 Å². The third kappa shape index (κ3) is 48.8. The number of aryl methyl sites for hydroxylation is 6. The number of benzene rings is 4. The smallest absolute Gasteiger partial charge is 0.0562 e. The van der Waals surface area contributed by atoms with Gasteiger partial charge in [-0.1, -0.05) is 539 Å². The Morgan fingerprint density at radius 3 is 0.408 bits per heavy atom. The molecule has 2 aliphatic rings. The van der Waals surface area contributed by atoms with Gasteiger partial charge in [0.05, 0.1) is 11.1 Å². The van der Waals surface area contributed by atoms with Crippen molar-refractivity contribution in [3.05, 3.63) is 142 Å². The summed E-state index contributed by atoms with van der Waals surface area (Å²) in [6, 6.07) is 51.5. The van der Waals surface area contributed by atoms with E-state index in [1.807, 2.05) is 0 Å². The minimum absolute atomic E-state index is 0.961. The fourth-order valence-corrected chi connectivity index (χ4v) is 19.1. The van der Waals surface area contributed by atoms with E-state index in [1.54, 1.807) is 0 Å². The van der Waals surface area contributed by atoms with Crippen molar-refractivity contribution in [3.8, 4) is 11.8 Å². The van der Waals surface area contributed by atoms with Crippen LogP contribution in [0.3, 0.4) is 0 Å². The summed E-state index contributed by atoms with van der Waals surface area (Å²) in [5, 5.41) is 8.34. The van der Waals surface area contributed by atoms with Crippen molar-refractivity contribution >= 4 is 43.1 Å². The maximum atomic E-state index is 3.96. The normalized spacial score (nSPS) is 11.5. The Labute approximate surface area is 746 Å². The summed E-state index contributed by atoms with van der Waals surface area (Å²) in [6.45, 7) is 14.0. The first kappa shape index (κ1) is 103. The average Bonchev–Trinajstić information content (AvgIpc) is 0.787. The van der Waals surface area contributed by atoms with Crippen LogP contribution in [0.2, 0.25) is 0 Å². The first-order chi connectivity index (χ1) is 59.5. The Bertz CT molecular complexity index is 3280. The highest BCUT2D eigenvalue weighted by atomic mass is 14.2. The van der Waals surface area contributed by atoms with Crippen molar-refractivity contribution in [2.75, 3.05) is 0 Å². The van der Waals surface area contributed by atoms with E-state index < -0.39 is 0 Å². The van der Waals surface area contributed by atoms with Gasteiger partial charge in [0.15, 0.2) is 0 Å². The highest BCUT2D eigenvalue weighted by molar-refractivity contribution is 5.88. The lowest BCUT2D eigenvalue weighted by Gasteiger charge is -2.11. The quantitative estimate of drug-likeness (QED) is 0.0264. The Hall–Kier alpha value is -5.32. The Morgan fingerprint density at radius 2 is 0.258 bits per heavy atom. The summed E-state index contributed by atoms with van der Waals surface area (Å²) < 4.78 is 0. The fourth-order valence-electron chi connectivity index (χ4n) is 19.1. The van der Waals surface area contributed by atoms with E-state index in [0.29, 0.717) is 0 Å². The van der Waals surface area contributed by atoms with Gasteiger partial charge in [-0.2, -0.15) is 0 Å². The van der Waals surface area contributed by atoms with Crippen molar-refractivity contribution in [1.82, 2.24) is 0 Å². The van der Waals surface area contributed by atoms with Gasteiger partial charge in [-0.3, -0.25) is 0 Å². The van der Waals surface area contributed by atoms with Crippen LogP contribution in [-0.2, 0) is 38.5 Å². The van der Waals surface area contributed by atoms with Gasteiger partial charge in [-0.15, -0.1) is 0 Å². The van der Waals surface area contributed by atoms with E-state index in [9.17, 15) is 0 Å². The van der Waals surface area contributed by atoms with Gasteiger partial charge >= 0.3 is 0 Å². The standard InChI is InChI=1S/C120H186/c1-7-13-19-25-31-37-43-49-50-56-62-68-74-80-86-110-104-114-90-94-118-100-106(82-76-70-64-58-52-45-39-33-27-21-15-9-3)98-116-92-88-112-102-108(84-78-72-66-60-54-47-41-35-29-23-17-11-5)107(83-77-71-65-59-53-46-40-34-28-22-16-10-4)101-111(112)87-91-115-97-105(81-75-69-63-57-51-44-38-32-26-20-14-8-2)99-117(119(115)95-96-120(116)118)93-89-113(114)103-109(110)85-79-73-67-61-55-48-42-36-30-24-18-12-6/h97-104H,7-86H2,1-6H3. The third-order valence-electron chi connectivity index (χ3n) is 27.1. The summed E-state index contributed by atoms with van der Waals surface area (Å²) >= 11 is 0. The summed E-state index contributed by atoms with van der Waals surface area (Å²) in [6.07, 6.45) is 107. The molecule has 0 amide bonds. The SMILES string of the molecule is CCCCCCCCCCCCCCCCc1cc2c#cc3cc(CCCCCCCCCCCCCC)cc4c#cc5cc(CCCCCCCCCCCCCC)c(CCCCCCCCCCCCCC)cc5c#cc5cc(CCCCCCCCCCCCCC)cc(c#cc2cc1CCCCCCCCCCCCCC)c5C#Cc43. The van der Waals surface area contributed by atoms with Crippen molar-refractivity contribution < 1.29 is 0 Å². The van der Waals surface area contributed by atoms with E-state index in [-0.39, 0.29) is 0 Å². The lowest BCUT2D eigenvalue weighted by molar-refractivity contribution is 0.535. The molecule has 2 aliphatic carbocycles. The monoisotopic (exact) mass is 1630 g/mol.